The Hall–Kier alpha value is -0.0800. The second-order valence-corrected chi connectivity index (χ2v) is 9.28. The molecule has 10 N–H and O–H groups in total. The molecule has 32 heavy (non-hydrogen) atoms. The van der Waals surface area contributed by atoms with Gasteiger partial charge in [-0.05, 0) is 25.8 Å². The van der Waals surface area contributed by atoms with Gasteiger partial charge in [-0.2, -0.15) is 57.8 Å². The Kier molecular flexibility index (Phi) is 27.3. The van der Waals surface area contributed by atoms with E-state index < -0.39 is 62.4 Å². The van der Waals surface area contributed by atoms with Gasteiger partial charge in [-0.25, -0.2) is 0 Å². The van der Waals surface area contributed by atoms with E-state index in [4.69, 9.17) is 87.6 Å². The van der Waals surface area contributed by atoms with Crippen molar-refractivity contribution in [3.05, 3.63) is 0 Å². The first kappa shape index (κ1) is 45.4. The first-order valence-corrected chi connectivity index (χ1v) is 13.6. The van der Waals surface area contributed by atoms with Gasteiger partial charge < -0.3 is 0 Å². The fourth-order valence-electron chi connectivity index (χ4n) is 0.0136. The van der Waals surface area contributed by atoms with Gasteiger partial charge >= 0.3 is 62.4 Å². The van der Waals surface area contributed by atoms with Gasteiger partial charge in [-0.3, -0.25) is 45.5 Å². The summed E-state index contributed by atoms with van der Waals surface area (Å²) in [5.41, 5.74) is 0. The quantitative estimate of drug-likeness (QED) is 0.0788. The molecule has 0 aliphatic heterocycles. The van der Waals surface area contributed by atoms with E-state index in [1.807, 2.05) is 0 Å². The summed E-state index contributed by atoms with van der Waals surface area (Å²) >= 11 is 5.84. The third-order valence-corrected chi connectivity index (χ3v) is 1.64. The lowest BCUT2D eigenvalue weighted by Gasteiger charge is -1.88. The zero-order valence-corrected chi connectivity index (χ0v) is 20.2. The molecule has 0 spiro atoms. The van der Waals surface area contributed by atoms with Crippen molar-refractivity contribution in [1.82, 2.24) is 0 Å². The monoisotopic (exact) mass is 652 g/mol. The van der Waals surface area contributed by atoms with E-state index in [0.717, 1.165) is 0 Å². The van der Waals surface area contributed by atoms with E-state index in [1.54, 1.807) is 0 Å². The molecule has 0 aliphatic rings. The Balaban J connectivity index is -0.0000000637. The molecular weight excluding hydrogens is 641 g/mol. The number of hydrogen-bond donors (Lipinski definition) is 12. The molecule has 24 nitrogen and oxygen atoms in total. The third-order valence-electron chi connectivity index (χ3n) is 0.183. The molecule has 0 rings (SSSR count). The fourth-order valence-corrected chi connectivity index (χ4v) is 0.367. The van der Waals surface area contributed by atoms with Crippen LogP contribution in [0.1, 0.15) is 0 Å². The Morgan fingerprint density at radius 1 is 0.344 bits per heavy atom. The van der Waals surface area contributed by atoms with Crippen molar-refractivity contribution in [2.45, 2.75) is 0 Å². The number of hydrogen-bond acceptors (Lipinski definition) is 16. The predicted molar refractivity (Wildman–Crippen MR) is 99.9 cm³/mol. The molecule has 0 saturated heterocycles. The van der Waals surface area contributed by atoms with Crippen LogP contribution in [0, 0.1) is 0 Å². The zero-order valence-electron chi connectivity index (χ0n) is 13.5. The standard InChI is InChI=1S/H2O4S3.5H2O4S/c1-7(2,3-5)4-6;5*1-5(2,3)4/h5-6H;5*(H2,1,2,3,4). The van der Waals surface area contributed by atoms with E-state index in [9.17, 15) is 8.42 Å². The van der Waals surface area contributed by atoms with Crippen LogP contribution >= 0.6 is 25.8 Å². The summed E-state index contributed by atoms with van der Waals surface area (Å²) < 4.78 is 184. The van der Waals surface area contributed by atoms with E-state index >= 15 is 0 Å². The molecule has 0 aromatic heterocycles. The molecular formula is H12O24S8. The largest absolute Gasteiger partial charge is 0.421 e. The molecule has 0 aromatic carbocycles. The summed E-state index contributed by atoms with van der Waals surface area (Å²) in [5, 5.41) is 0. The topological polar surface area (TPSA) is 426 Å². The lowest BCUT2D eigenvalue weighted by atomic mass is 15.8. The van der Waals surface area contributed by atoms with Crippen LogP contribution in [0.4, 0.5) is 0 Å². The molecule has 0 amide bonds. The smallest absolute Gasteiger partial charge is 0.264 e. The minimum atomic E-state index is -4.67. The molecule has 0 saturated carbocycles. The number of rotatable bonds is 2. The average molecular weight is 653 g/mol. The lowest BCUT2D eigenvalue weighted by molar-refractivity contribution is 0.378. The highest BCUT2D eigenvalue weighted by molar-refractivity contribution is 7.98. The van der Waals surface area contributed by atoms with Crippen LogP contribution in [0.2, 0.25) is 0 Å². The maximum atomic E-state index is 9.77. The molecule has 204 valence electrons. The molecule has 0 atom stereocenters. The fraction of sp³-hybridized carbons (Fsp3) is 0. The Morgan fingerprint density at radius 3 is 0.406 bits per heavy atom. The summed E-state index contributed by atoms with van der Waals surface area (Å²) in [6.07, 6.45) is 0. The van der Waals surface area contributed by atoms with Gasteiger partial charge in [-0.15, -0.1) is 0 Å². The van der Waals surface area contributed by atoms with Gasteiger partial charge in [0.05, 0.1) is 0 Å². The second-order valence-electron chi connectivity index (χ2n) is 2.80. The van der Waals surface area contributed by atoms with Crippen LogP contribution < -0.4 is 0 Å². The van der Waals surface area contributed by atoms with Crippen molar-refractivity contribution in [2.75, 3.05) is 0 Å². The SMILES string of the molecule is O=S(=O)(O)O.O=S(=O)(O)O.O=S(=O)(O)O.O=S(=O)(O)O.O=S(=O)(O)O.O=S(=O)(OS)OS. The van der Waals surface area contributed by atoms with Gasteiger partial charge in [0.15, 0.2) is 0 Å². The molecule has 0 aliphatic carbocycles. The maximum absolute atomic E-state index is 9.77. The van der Waals surface area contributed by atoms with Crippen LogP contribution in [-0.2, 0) is 69.7 Å². The van der Waals surface area contributed by atoms with Gasteiger partial charge in [0.25, 0.3) is 0 Å². The van der Waals surface area contributed by atoms with Crippen LogP contribution in [0.5, 0.6) is 0 Å². The van der Waals surface area contributed by atoms with Crippen molar-refractivity contribution in [1.29, 1.82) is 0 Å². The second kappa shape index (κ2) is 19.2. The van der Waals surface area contributed by atoms with Crippen molar-refractivity contribution >= 4 is 88.2 Å². The van der Waals surface area contributed by atoms with Gasteiger partial charge in [0.1, 0.15) is 0 Å². The van der Waals surface area contributed by atoms with Crippen LogP contribution in [0.15, 0.2) is 0 Å². The average Bonchev–Trinajstić information content (AvgIpc) is 2.28. The summed E-state index contributed by atoms with van der Waals surface area (Å²) in [6, 6.07) is 0. The van der Waals surface area contributed by atoms with Gasteiger partial charge in [0, 0.05) is 0 Å². The molecule has 0 radical (unpaired) electrons. The van der Waals surface area contributed by atoms with Gasteiger partial charge in [0.2, 0.25) is 0 Å². The summed E-state index contributed by atoms with van der Waals surface area (Å²) in [4.78, 5) is 0. The van der Waals surface area contributed by atoms with Crippen molar-refractivity contribution in [2.24, 2.45) is 0 Å². The minimum Gasteiger partial charge on any atom is -0.264 e. The van der Waals surface area contributed by atoms with Crippen molar-refractivity contribution in [3.8, 4) is 0 Å². The van der Waals surface area contributed by atoms with Crippen LogP contribution in [0.25, 0.3) is 0 Å². The summed E-state index contributed by atoms with van der Waals surface area (Å²) in [6.45, 7) is 0. The number of thiol groups is 2. The highest BCUT2D eigenvalue weighted by Gasteiger charge is 2.04. The molecule has 0 aromatic rings. The van der Waals surface area contributed by atoms with Crippen LogP contribution in [0.3, 0.4) is 0 Å². The zero-order chi connectivity index (χ0) is 28.4. The lowest BCUT2D eigenvalue weighted by Crippen LogP contribution is -1.95. The van der Waals surface area contributed by atoms with Crippen molar-refractivity contribution < 1.29 is 103 Å². The summed E-state index contributed by atoms with van der Waals surface area (Å²) in [5.74, 6) is 0. The highest BCUT2D eigenvalue weighted by atomic mass is 32.3. The van der Waals surface area contributed by atoms with Crippen LogP contribution in [-0.4, -0.2) is 96.0 Å². The van der Waals surface area contributed by atoms with E-state index in [1.165, 1.54) is 0 Å². The van der Waals surface area contributed by atoms with E-state index in [2.05, 4.69) is 33.1 Å². The maximum Gasteiger partial charge on any atom is 0.421 e. The van der Waals surface area contributed by atoms with E-state index in [-0.39, 0.29) is 0 Å². The van der Waals surface area contributed by atoms with Gasteiger partial charge in [-0.1, -0.05) is 0 Å². The summed E-state index contributed by atoms with van der Waals surface area (Å²) in [7, 11) is -27.3. The Bertz CT molecular complexity index is 846. The predicted octanol–water partition coefficient (Wildman–Crippen LogP) is -3.31. The normalized spacial score (nSPS) is 11.6. The van der Waals surface area contributed by atoms with Crippen molar-refractivity contribution in [3.63, 3.8) is 0 Å². The molecule has 32 heteroatoms. The first-order valence-electron chi connectivity index (χ1n) is 4.52. The first-order chi connectivity index (χ1) is 13.1. The Labute approximate surface area is 191 Å². The highest BCUT2D eigenvalue weighted by Crippen LogP contribution is 1.98. The minimum absolute atomic E-state index is 2.92. The molecule has 0 unspecified atom stereocenters. The van der Waals surface area contributed by atoms with E-state index in [0.29, 0.717) is 0 Å². The Morgan fingerprint density at radius 2 is 0.406 bits per heavy atom. The molecule has 0 bridgehead atoms. The molecule has 0 fully saturated rings. The molecule has 0 heterocycles. The third kappa shape index (κ3) is 714.